The molecule has 0 aliphatic carbocycles. The molecule has 8 heteroatoms. The van der Waals surface area contributed by atoms with E-state index in [-0.39, 0.29) is 34.5 Å². The van der Waals surface area contributed by atoms with Crippen LogP contribution in [0, 0.1) is 20.8 Å². The summed E-state index contributed by atoms with van der Waals surface area (Å²) < 4.78 is 1.19. The molecule has 28 heavy (non-hydrogen) atoms. The fourth-order valence-electron chi connectivity index (χ4n) is 3.16. The highest BCUT2D eigenvalue weighted by Crippen LogP contribution is 2.32. The summed E-state index contributed by atoms with van der Waals surface area (Å²) in [6.45, 7) is 5.34. The molecular formula is C20H20ClN3O4. The van der Waals surface area contributed by atoms with Crippen molar-refractivity contribution in [2.45, 2.75) is 27.3 Å². The Labute approximate surface area is 166 Å². The van der Waals surface area contributed by atoms with Crippen LogP contribution in [0.15, 0.2) is 35.1 Å². The van der Waals surface area contributed by atoms with Gasteiger partial charge < -0.3 is 20.5 Å². The number of aryl methyl sites for hydroxylation is 2. The summed E-state index contributed by atoms with van der Waals surface area (Å²) >= 11 is 6.16. The third kappa shape index (κ3) is 3.61. The van der Waals surface area contributed by atoms with Gasteiger partial charge in [0.2, 0.25) is 0 Å². The van der Waals surface area contributed by atoms with Gasteiger partial charge in [-0.2, -0.15) is 0 Å². The zero-order chi connectivity index (χ0) is 20.6. The number of aromatic amines is 1. The molecule has 0 bridgehead atoms. The molecule has 0 saturated heterocycles. The third-order valence-corrected chi connectivity index (χ3v) is 4.81. The Morgan fingerprint density at radius 3 is 2.39 bits per heavy atom. The van der Waals surface area contributed by atoms with Crippen LogP contribution in [-0.4, -0.2) is 25.7 Å². The number of pyridine rings is 1. The number of aromatic hydroxyl groups is 2. The van der Waals surface area contributed by atoms with Gasteiger partial charge >= 0.3 is 0 Å². The summed E-state index contributed by atoms with van der Waals surface area (Å²) in [5.41, 5.74) is 2.92. The molecule has 0 atom stereocenters. The van der Waals surface area contributed by atoms with Crippen LogP contribution in [0.1, 0.15) is 32.7 Å². The van der Waals surface area contributed by atoms with E-state index in [1.54, 1.807) is 19.9 Å². The van der Waals surface area contributed by atoms with E-state index in [1.807, 2.05) is 13.0 Å². The SMILES string of the molecule is Cc1cc(C)c(CNC(=O)c2cc(Cl)cc(-n3c(O)ccc3O)c2C)c(=O)[nH]1. The molecule has 0 radical (unpaired) electrons. The average Bonchev–Trinajstić information content (AvgIpc) is 2.94. The highest BCUT2D eigenvalue weighted by atomic mass is 35.5. The number of benzene rings is 1. The smallest absolute Gasteiger partial charge is 0.253 e. The van der Waals surface area contributed by atoms with Crippen molar-refractivity contribution in [3.63, 3.8) is 0 Å². The van der Waals surface area contributed by atoms with Crippen molar-refractivity contribution in [1.29, 1.82) is 0 Å². The number of amides is 1. The number of aromatic nitrogens is 2. The number of nitrogens with zero attached hydrogens (tertiary/aromatic N) is 1. The Morgan fingerprint density at radius 2 is 1.79 bits per heavy atom. The van der Waals surface area contributed by atoms with Crippen molar-refractivity contribution in [3.05, 3.63) is 73.7 Å². The van der Waals surface area contributed by atoms with Crippen LogP contribution in [-0.2, 0) is 6.54 Å². The van der Waals surface area contributed by atoms with Crippen molar-refractivity contribution in [2.24, 2.45) is 0 Å². The quantitative estimate of drug-likeness (QED) is 0.538. The van der Waals surface area contributed by atoms with E-state index in [4.69, 9.17) is 11.6 Å². The van der Waals surface area contributed by atoms with Crippen LogP contribution in [0.25, 0.3) is 5.69 Å². The molecule has 1 aromatic carbocycles. The lowest BCUT2D eigenvalue weighted by atomic mass is 10.0. The zero-order valence-corrected chi connectivity index (χ0v) is 16.4. The lowest BCUT2D eigenvalue weighted by Gasteiger charge is -2.15. The number of hydrogen-bond acceptors (Lipinski definition) is 4. The fraction of sp³-hybridized carbons (Fsp3) is 0.200. The predicted molar refractivity (Wildman–Crippen MR) is 107 cm³/mol. The molecule has 2 aromatic heterocycles. The van der Waals surface area contributed by atoms with E-state index in [1.165, 1.54) is 22.8 Å². The van der Waals surface area contributed by atoms with Crippen molar-refractivity contribution in [3.8, 4) is 17.4 Å². The molecule has 7 nitrogen and oxygen atoms in total. The minimum atomic E-state index is -0.424. The van der Waals surface area contributed by atoms with Gasteiger partial charge in [-0.15, -0.1) is 0 Å². The van der Waals surface area contributed by atoms with Crippen LogP contribution in [0.2, 0.25) is 5.02 Å². The first kappa shape index (κ1) is 19.6. The highest BCUT2D eigenvalue weighted by molar-refractivity contribution is 6.31. The monoisotopic (exact) mass is 401 g/mol. The van der Waals surface area contributed by atoms with Crippen molar-refractivity contribution >= 4 is 17.5 Å². The summed E-state index contributed by atoms with van der Waals surface area (Å²) in [6, 6.07) is 7.55. The fourth-order valence-corrected chi connectivity index (χ4v) is 3.37. The van der Waals surface area contributed by atoms with E-state index in [0.29, 0.717) is 16.8 Å². The molecule has 146 valence electrons. The van der Waals surface area contributed by atoms with E-state index >= 15 is 0 Å². The summed E-state index contributed by atoms with van der Waals surface area (Å²) in [4.78, 5) is 27.6. The number of carbonyl (C=O) groups is 1. The average molecular weight is 402 g/mol. The van der Waals surface area contributed by atoms with Gasteiger partial charge in [0.15, 0.2) is 11.8 Å². The van der Waals surface area contributed by atoms with Gasteiger partial charge in [-0.1, -0.05) is 11.6 Å². The molecule has 2 heterocycles. The first-order valence-electron chi connectivity index (χ1n) is 8.57. The Morgan fingerprint density at radius 1 is 1.14 bits per heavy atom. The van der Waals surface area contributed by atoms with Gasteiger partial charge in [0.05, 0.1) is 5.69 Å². The highest BCUT2D eigenvalue weighted by Gasteiger charge is 2.18. The number of carbonyl (C=O) groups excluding carboxylic acids is 1. The topological polar surface area (TPSA) is 107 Å². The molecule has 0 spiro atoms. The van der Waals surface area contributed by atoms with Gasteiger partial charge in [-0.25, -0.2) is 0 Å². The zero-order valence-electron chi connectivity index (χ0n) is 15.6. The van der Waals surface area contributed by atoms with Gasteiger partial charge in [0.1, 0.15) is 0 Å². The normalized spacial score (nSPS) is 10.9. The minimum absolute atomic E-state index is 0.0571. The van der Waals surface area contributed by atoms with Crippen LogP contribution >= 0.6 is 11.6 Å². The van der Waals surface area contributed by atoms with Crippen LogP contribution in [0.5, 0.6) is 11.8 Å². The molecule has 0 fully saturated rings. The van der Waals surface area contributed by atoms with Gasteiger partial charge in [-0.05, 0) is 50.1 Å². The van der Waals surface area contributed by atoms with Crippen molar-refractivity contribution < 1.29 is 15.0 Å². The maximum absolute atomic E-state index is 12.8. The molecule has 3 rings (SSSR count). The number of halogens is 1. The van der Waals surface area contributed by atoms with Crippen LogP contribution < -0.4 is 10.9 Å². The largest absolute Gasteiger partial charge is 0.494 e. The van der Waals surface area contributed by atoms with Gasteiger partial charge in [0, 0.05) is 40.5 Å². The maximum Gasteiger partial charge on any atom is 0.253 e. The number of hydrogen-bond donors (Lipinski definition) is 4. The summed E-state index contributed by atoms with van der Waals surface area (Å²) in [5.74, 6) is -0.793. The van der Waals surface area contributed by atoms with Crippen molar-refractivity contribution in [1.82, 2.24) is 14.9 Å². The molecule has 0 aliphatic rings. The third-order valence-electron chi connectivity index (χ3n) is 4.59. The van der Waals surface area contributed by atoms with E-state index in [9.17, 15) is 19.8 Å². The first-order chi connectivity index (χ1) is 13.2. The standard InChI is InChI=1S/C20H20ClN3O4/c1-10-6-11(2)23-20(28)15(10)9-22-19(27)14-7-13(21)8-16(12(14)3)24-17(25)4-5-18(24)26/h4-8,25-26H,9H2,1-3H3,(H,22,27)(H,23,28). The molecule has 4 N–H and O–H groups in total. The van der Waals surface area contributed by atoms with E-state index in [0.717, 1.165) is 11.3 Å². The Kier molecular flexibility index (Phi) is 5.20. The summed E-state index contributed by atoms with van der Waals surface area (Å²) in [7, 11) is 0. The number of nitrogens with one attached hydrogen (secondary N) is 2. The molecule has 0 aliphatic heterocycles. The Balaban J connectivity index is 1.94. The maximum atomic E-state index is 12.8. The lowest BCUT2D eigenvalue weighted by Crippen LogP contribution is -2.28. The lowest BCUT2D eigenvalue weighted by molar-refractivity contribution is 0.0950. The second-order valence-corrected chi connectivity index (χ2v) is 7.04. The number of rotatable bonds is 4. The van der Waals surface area contributed by atoms with Gasteiger partial charge in [-0.3, -0.25) is 14.2 Å². The minimum Gasteiger partial charge on any atom is -0.494 e. The summed E-state index contributed by atoms with van der Waals surface area (Å²) in [5, 5.41) is 23.0. The molecule has 3 aromatic rings. The second-order valence-electron chi connectivity index (χ2n) is 6.61. The van der Waals surface area contributed by atoms with Gasteiger partial charge in [0.25, 0.3) is 11.5 Å². The first-order valence-corrected chi connectivity index (χ1v) is 8.94. The van der Waals surface area contributed by atoms with E-state index in [2.05, 4.69) is 10.3 Å². The van der Waals surface area contributed by atoms with E-state index < -0.39 is 5.91 Å². The second kappa shape index (κ2) is 7.44. The molecule has 0 unspecified atom stereocenters. The van der Waals surface area contributed by atoms with Crippen LogP contribution in [0.4, 0.5) is 0 Å². The predicted octanol–water partition coefficient (Wildman–Crippen LogP) is 3.09. The molecular weight excluding hydrogens is 382 g/mol. The Hall–Kier alpha value is -3.19. The molecule has 1 amide bonds. The van der Waals surface area contributed by atoms with Crippen LogP contribution in [0.3, 0.4) is 0 Å². The Bertz CT molecular complexity index is 1110. The summed E-state index contributed by atoms with van der Waals surface area (Å²) in [6.07, 6.45) is 0. The van der Waals surface area contributed by atoms with Crippen molar-refractivity contribution in [2.75, 3.05) is 0 Å². The molecule has 0 saturated carbocycles. The number of H-pyrrole nitrogens is 1.